The number of aliphatic hydroxyl groups is 2. The number of esters is 1. The second-order valence-electron chi connectivity index (χ2n) is 7.61. The van der Waals surface area contributed by atoms with Crippen molar-refractivity contribution in [2.45, 2.75) is 70.7 Å². The van der Waals surface area contributed by atoms with Gasteiger partial charge in [0, 0.05) is 17.6 Å². The minimum atomic E-state index is -1.29. The van der Waals surface area contributed by atoms with Crippen LogP contribution in [0.25, 0.3) is 0 Å². The summed E-state index contributed by atoms with van der Waals surface area (Å²) in [4.78, 5) is 25.1. The average molecular weight is 374 g/mol. The molecular formula is C21H26O6. The Morgan fingerprint density at radius 2 is 2.04 bits per heavy atom. The van der Waals surface area contributed by atoms with Crippen LogP contribution in [-0.2, 0) is 19.1 Å². The maximum absolute atomic E-state index is 12.7. The third kappa shape index (κ3) is 3.64. The zero-order valence-corrected chi connectivity index (χ0v) is 15.9. The summed E-state index contributed by atoms with van der Waals surface area (Å²) >= 11 is 0. The molecule has 2 aliphatic heterocycles. The van der Waals surface area contributed by atoms with E-state index in [1.807, 2.05) is 0 Å². The van der Waals surface area contributed by atoms with Crippen molar-refractivity contribution in [3.63, 3.8) is 0 Å². The molecule has 0 bridgehead atoms. The minimum absolute atomic E-state index is 0.0381. The molecule has 27 heavy (non-hydrogen) atoms. The van der Waals surface area contributed by atoms with Gasteiger partial charge in [-0.1, -0.05) is 12.8 Å². The highest BCUT2D eigenvalue weighted by Gasteiger charge is 2.53. The summed E-state index contributed by atoms with van der Waals surface area (Å²) in [6.07, 6.45) is 6.76. The molecule has 3 aliphatic rings. The monoisotopic (exact) mass is 374 g/mol. The third-order valence-corrected chi connectivity index (χ3v) is 5.30. The number of hydrogen-bond acceptors (Lipinski definition) is 6. The summed E-state index contributed by atoms with van der Waals surface area (Å²) in [5.41, 5.74) is 0.445. The Balaban J connectivity index is 1.83. The Kier molecular flexibility index (Phi) is 5.40. The van der Waals surface area contributed by atoms with E-state index in [4.69, 9.17) is 9.47 Å². The van der Waals surface area contributed by atoms with Crippen molar-refractivity contribution < 1.29 is 29.3 Å². The second kappa shape index (κ2) is 7.44. The molecule has 0 amide bonds. The Labute approximate surface area is 158 Å². The van der Waals surface area contributed by atoms with Gasteiger partial charge in [-0.15, -0.1) is 0 Å². The topological polar surface area (TPSA) is 93.1 Å². The molecule has 1 aliphatic carbocycles. The van der Waals surface area contributed by atoms with Crippen LogP contribution in [0.4, 0.5) is 0 Å². The van der Waals surface area contributed by atoms with Crippen LogP contribution in [0.5, 0.6) is 0 Å². The summed E-state index contributed by atoms with van der Waals surface area (Å²) in [6, 6.07) is 0. The van der Waals surface area contributed by atoms with Crippen LogP contribution in [-0.4, -0.2) is 39.8 Å². The van der Waals surface area contributed by atoms with Crippen LogP contribution in [0.3, 0.4) is 0 Å². The number of unbranched alkanes of at least 4 members (excludes halogenated alkanes) is 2. The van der Waals surface area contributed by atoms with E-state index in [2.05, 4.69) is 0 Å². The van der Waals surface area contributed by atoms with Crippen LogP contribution in [0.1, 0.15) is 52.9 Å². The molecule has 146 valence electrons. The van der Waals surface area contributed by atoms with Gasteiger partial charge in [0.05, 0.1) is 12.4 Å². The quantitative estimate of drug-likeness (QED) is 0.404. The first-order valence-corrected chi connectivity index (χ1v) is 9.38. The number of rotatable bonds is 7. The fourth-order valence-corrected chi connectivity index (χ4v) is 3.73. The van der Waals surface area contributed by atoms with Gasteiger partial charge in [0.2, 0.25) is 0 Å². The molecule has 0 aromatic rings. The summed E-state index contributed by atoms with van der Waals surface area (Å²) in [5.74, 6) is -0.282. The molecule has 0 aromatic carbocycles. The van der Waals surface area contributed by atoms with Gasteiger partial charge in [-0.2, -0.15) is 0 Å². The largest absolute Gasteiger partial charge is 0.469 e. The van der Waals surface area contributed by atoms with Crippen molar-refractivity contribution in [3.05, 3.63) is 46.5 Å². The van der Waals surface area contributed by atoms with E-state index >= 15 is 0 Å². The summed E-state index contributed by atoms with van der Waals surface area (Å²) in [7, 11) is 0. The lowest BCUT2D eigenvalue weighted by atomic mass is 9.75. The van der Waals surface area contributed by atoms with Crippen LogP contribution >= 0.6 is 0 Å². The van der Waals surface area contributed by atoms with Gasteiger partial charge in [-0.05, 0) is 51.3 Å². The number of aliphatic hydroxyl groups excluding tert-OH is 2. The zero-order valence-electron chi connectivity index (χ0n) is 15.9. The van der Waals surface area contributed by atoms with Gasteiger partial charge in [-0.25, -0.2) is 4.79 Å². The van der Waals surface area contributed by atoms with Crippen LogP contribution in [0.15, 0.2) is 46.5 Å². The van der Waals surface area contributed by atoms with Crippen molar-refractivity contribution in [2.75, 3.05) is 0 Å². The van der Waals surface area contributed by atoms with E-state index in [1.165, 1.54) is 6.26 Å². The average Bonchev–Trinajstić information content (AvgIpc) is 2.85. The number of Topliss-reactive ketones (excluding diaryl/α,β-unsaturated/α-hetero) is 1. The maximum atomic E-state index is 12.7. The molecule has 0 saturated heterocycles. The smallest absolute Gasteiger partial charge is 0.343 e. The summed E-state index contributed by atoms with van der Waals surface area (Å²) < 4.78 is 10.8. The number of carbonyl (C=O) groups excluding carboxylic acids is 2. The zero-order chi connectivity index (χ0) is 19.8. The molecule has 3 atom stereocenters. The first kappa shape index (κ1) is 19.6. The fourth-order valence-electron chi connectivity index (χ4n) is 3.73. The molecule has 0 saturated carbocycles. The predicted molar refractivity (Wildman–Crippen MR) is 98.3 cm³/mol. The standard InChI is InChI=1S/C21H26O6/c1-12(22)7-5-4-6-8-17(23)18-16-10-14-9-13(2)26-11-15(14)19(24)21(16,3)27-20(18)25/h9-12,19,22,24H,4-8H2,1-3H3. The van der Waals surface area contributed by atoms with Crippen molar-refractivity contribution in [1.82, 2.24) is 0 Å². The molecule has 6 nitrogen and oxygen atoms in total. The van der Waals surface area contributed by atoms with Crippen LogP contribution in [0.2, 0.25) is 0 Å². The van der Waals surface area contributed by atoms with Crippen LogP contribution in [0, 0.1) is 0 Å². The normalized spacial score (nSPS) is 27.7. The van der Waals surface area contributed by atoms with Gasteiger partial charge in [-0.3, -0.25) is 4.79 Å². The highest BCUT2D eigenvalue weighted by atomic mass is 16.6. The van der Waals surface area contributed by atoms with Gasteiger partial charge < -0.3 is 19.7 Å². The van der Waals surface area contributed by atoms with Gasteiger partial charge >= 0.3 is 5.97 Å². The van der Waals surface area contributed by atoms with E-state index < -0.39 is 17.7 Å². The molecular weight excluding hydrogens is 348 g/mol. The van der Waals surface area contributed by atoms with Crippen molar-refractivity contribution in [3.8, 4) is 0 Å². The van der Waals surface area contributed by atoms with E-state index in [0.29, 0.717) is 29.7 Å². The molecule has 2 N–H and O–H groups in total. The number of allylic oxidation sites excluding steroid dienone is 2. The lowest BCUT2D eigenvalue weighted by Gasteiger charge is -2.37. The Morgan fingerprint density at radius 1 is 1.30 bits per heavy atom. The fraction of sp³-hybridized carbons (Fsp3) is 0.524. The number of ketones is 1. The van der Waals surface area contributed by atoms with E-state index in [1.54, 1.807) is 32.9 Å². The molecule has 3 unspecified atom stereocenters. The molecule has 6 heteroatoms. The predicted octanol–water partition coefficient (Wildman–Crippen LogP) is 2.62. The lowest BCUT2D eigenvalue weighted by Crippen LogP contribution is -2.45. The second-order valence-corrected chi connectivity index (χ2v) is 7.61. The van der Waals surface area contributed by atoms with Crippen molar-refractivity contribution >= 4 is 11.8 Å². The Morgan fingerprint density at radius 3 is 2.74 bits per heavy atom. The molecule has 0 aromatic heterocycles. The molecule has 2 heterocycles. The van der Waals surface area contributed by atoms with Crippen molar-refractivity contribution in [1.29, 1.82) is 0 Å². The van der Waals surface area contributed by atoms with Gasteiger partial charge in [0.1, 0.15) is 17.4 Å². The Bertz CT molecular complexity index is 782. The minimum Gasteiger partial charge on any atom is -0.469 e. The number of ether oxygens (including phenoxy) is 2. The SMILES string of the molecule is CC1=CC2=CC3=C(C(=O)CCCCCC(C)O)C(=O)OC3(C)C(O)C2=CO1. The highest BCUT2D eigenvalue weighted by Crippen LogP contribution is 2.46. The van der Waals surface area contributed by atoms with E-state index in [9.17, 15) is 19.8 Å². The molecule has 0 spiro atoms. The van der Waals surface area contributed by atoms with Gasteiger partial charge in [0.15, 0.2) is 11.4 Å². The number of carbonyl (C=O) groups is 2. The first-order valence-electron chi connectivity index (χ1n) is 9.38. The van der Waals surface area contributed by atoms with E-state index in [-0.39, 0.29) is 23.9 Å². The number of fused-ring (bicyclic) bond motifs is 2. The summed E-state index contributed by atoms with van der Waals surface area (Å²) in [5, 5.41) is 20.1. The van der Waals surface area contributed by atoms with E-state index in [0.717, 1.165) is 18.4 Å². The maximum Gasteiger partial charge on any atom is 0.343 e. The molecule has 0 radical (unpaired) electrons. The van der Waals surface area contributed by atoms with Crippen molar-refractivity contribution in [2.24, 2.45) is 0 Å². The lowest BCUT2D eigenvalue weighted by molar-refractivity contribution is -0.152. The van der Waals surface area contributed by atoms with Gasteiger partial charge in [0.25, 0.3) is 0 Å². The molecule has 3 rings (SSSR count). The third-order valence-electron chi connectivity index (χ3n) is 5.30. The summed E-state index contributed by atoms with van der Waals surface area (Å²) in [6.45, 7) is 5.15. The highest BCUT2D eigenvalue weighted by molar-refractivity contribution is 6.20. The first-order chi connectivity index (χ1) is 12.7. The Hall–Kier alpha value is -2.18. The number of hydrogen-bond donors (Lipinski definition) is 2. The van der Waals surface area contributed by atoms with Crippen LogP contribution < -0.4 is 0 Å². The molecule has 0 fully saturated rings.